The monoisotopic (exact) mass is 274 g/mol. The van der Waals surface area contributed by atoms with Crippen molar-refractivity contribution >= 4 is 28.2 Å². The summed E-state index contributed by atoms with van der Waals surface area (Å²) in [6.07, 6.45) is 0. The van der Waals surface area contributed by atoms with Crippen LogP contribution < -0.4 is 11.1 Å². The van der Waals surface area contributed by atoms with E-state index in [9.17, 15) is 9.59 Å². The van der Waals surface area contributed by atoms with Gasteiger partial charge in [0.2, 0.25) is 0 Å². The molecule has 0 spiro atoms. The van der Waals surface area contributed by atoms with Gasteiger partial charge in [-0.3, -0.25) is 9.59 Å². The van der Waals surface area contributed by atoms with E-state index in [-0.39, 0.29) is 5.91 Å². The summed E-state index contributed by atoms with van der Waals surface area (Å²) in [6.45, 7) is 3.85. The smallest absolute Gasteiger partial charge is 0.256 e. The molecule has 0 atom stereocenters. The Kier molecular flexibility index (Phi) is 3.66. The predicted molar refractivity (Wildman–Crippen MR) is 76.7 cm³/mol. The van der Waals surface area contributed by atoms with Crippen LogP contribution in [0, 0.1) is 13.8 Å². The average molecular weight is 274 g/mol. The van der Waals surface area contributed by atoms with Crippen molar-refractivity contribution in [2.24, 2.45) is 5.73 Å². The number of nitrogens with two attached hydrogens (primary N) is 1. The molecule has 1 aromatic heterocycles. The molecular formula is C14H14N2O2S. The topological polar surface area (TPSA) is 72.2 Å². The van der Waals surface area contributed by atoms with E-state index in [2.05, 4.69) is 5.32 Å². The molecule has 0 aliphatic carbocycles. The molecule has 2 amide bonds. The molecule has 0 fully saturated rings. The predicted octanol–water partition coefficient (Wildman–Crippen LogP) is 2.72. The van der Waals surface area contributed by atoms with Gasteiger partial charge >= 0.3 is 0 Å². The summed E-state index contributed by atoms with van der Waals surface area (Å²) < 4.78 is 0. The van der Waals surface area contributed by atoms with Crippen LogP contribution in [-0.2, 0) is 0 Å². The van der Waals surface area contributed by atoms with Gasteiger partial charge in [0, 0.05) is 5.56 Å². The molecule has 2 rings (SSSR count). The molecule has 19 heavy (non-hydrogen) atoms. The van der Waals surface area contributed by atoms with Gasteiger partial charge in [0.25, 0.3) is 11.8 Å². The molecule has 0 aliphatic rings. The van der Waals surface area contributed by atoms with Gasteiger partial charge in [-0.1, -0.05) is 17.7 Å². The molecule has 1 aromatic carbocycles. The zero-order chi connectivity index (χ0) is 14.0. The number of anilines is 1. The number of nitrogens with one attached hydrogen (secondary N) is 1. The van der Waals surface area contributed by atoms with Crippen LogP contribution in [0.25, 0.3) is 0 Å². The lowest BCUT2D eigenvalue weighted by atomic mass is 10.1. The van der Waals surface area contributed by atoms with Gasteiger partial charge in [-0.15, -0.1) is 11.3 Å². The summed E-state index contributed by atoms with van der Waals surface area (Å²) in [7, 11) is 0. The van der Waals surface area contributed by atoms with Gasteiger partial charge in [-0.05, 0) is 36.9 Å². The maximum atomic E-state index is 12.2. The molecular weight excluding hydrogens is 260 g/mol. The lowest BCUT2D eigenvalue weighted by molar-refractivity contribution is 0.100. The molecule has 0 radical (unpaired) electrons. The van der Waals surface area contributed by atoms with E-state index in [1.54, 1.807) is 17.5 Å². The Hall–Kier alpha value is -2.14. The second-order valence-electron chi connectivity index (χ2n) is 4.30. The van der Waals surface area contributed by atoms with Crippen LogP contribution in [0.4, 0.5) is 5.00 Å². The minimum atomic E-state index is -0.544. The Morgan fingerprint density at radius 2 is 1.89 bits per heavy atom. The van der Waals surface area contributed by atoms with Gasteiger partial charge < -0.3 is 11.1 Å². The van der Waals surface area contributed by atoms with Crippen molar-refractivity contribution in [3.63, 3.8) is 0 Å². The molecule has 3 N–H and O–H groups in total. The summed E-state index contributed by atoms with van der Waals surface area (Å²) in [5.74, 6) is -0.778. The van der Waals surface area contributed by atoms with Gasteiger partial charge in [0.1, 0.15) is 5.00 Å². The zero-order valence-corrected chi connectivity index (χ0v) is 11.5. The SMILES string of the molecule is Cc1ccc(C(=O)Nc2sccc2C(N)=O)c(C)c1. The normalized spacial score (nSPS) is 10.2. The molecule has 0 bridgehead atoms. The Labute approximate surface area is 115 Å². The average Bonchev–Trinajstić information content (AvgIpc) is 2.76. The number of carbonyl (C=O) groups is 2. The Bertz CT molecular complexity index is 647. The number of thiophene rings is 1. The first-order valence-corrected chi connectivity index (χ1v) is 6.63. The summed E-state index contributed by atoms with van der Waals surface area (Å²) in [5.41, 5.74) is 8.17. The first-order valence-electron chi connectivity index (χ1n) is 5.75. The second kappa shape index (κ2) is 5.24. The number of aryl methyl sites for hydroxylation is 2. The van der Waals surface area contributed by atoms with Gasteiger partial charge in [0.05, 0.1) is 5.56 Å². The van der Waals surface area contributed by atoms with Crippen LogP contribution in [0.5, 0.6) is 0 Å². The third-order valence-corrected chi connectivity index (χ3v) is 3.61. The van der Waals surface area contributed by atoms with Crippen molar-refractivity contribution in [1.29, 1.82) is 0 Å². The van der Waals surface area contributed by atoms with Crippen LogP contribution in [0.3, 0.4) is 0 Å². The number of hydrogen-bond donors (Lipinski definition) is 2. The number of primary amides is 1. The fourth-order valence-corrected chi connectivity index (χ4v) is 2.63. The van der Waals surface area contributed by atoms with Crippen LogP contribution in [0.1, 0.15) is 31.8 Å². The molecule has 5 heteroatoms. The third kappa shape index (κ3) is 2.82. The number of hydrogen-bond acceptors (Lipinski definition) is 3. The fourth-order valence-electron chi connectivity index (χ4n) is 1.84. The Morgan fingerprint density at radius 3 is 2.53 bits per heavy atom. The van der Waals surface area contributed by atoms with E-state index in [0.29, 0.717) is 16.1 Å². The van der Waals surface area contributed by atoms with E-state index in [1.165, 1.54) is 11.3 Å². The highest BCUT2D eigenvalue weighted by atomic mass is 32.1. The summed E-state index contributed by atoms with van der Waals surface area (Å²) in [6, 6.07) is 7.20. The van der Waals surface area contributed by atoms with Crippen molar-refractivity contribution in [3.8, 4) is 0 Å². The molecule has 0 saturated carbocycles. The molecule has 0 unspecified atom stereocenters. The first-order chi connectivity index (χ1) is 8.99. The van der Waals surface area contributed by atoms with Crippen molar-refractivity contribution in [1.82, 2.24) is 0 Å². The molecule has 1 heterocycles. The maximum Gasteiger partial charge on any atom is 0.256 e. The number of amides is 2. The second-order valence-corrected chi connectivity index (χ2v) is 5.22. The minimum Gasteiger partial charge on any atom is -0.366 e. The van der Waals surface area contributed by atoms with E-state index in [0.717, 1.165) is 11.1 Å². The van der Waals surface area contributed by atoms with Gasteiger partial charge in [0.15, 0.2) is 0 Å². The minimum absolute atomic E-state index is 0.234. The van der Waals surface area contributed by atoms with Crippen molar-refractivity contribution in [2.45, 2.75) is 13.8 Å². The number of benzene rings is 1. The van der Waals surface area contributed by atoms with E-state index in [1.807, 2.05) is 26.0 Å². The zero-order valence-electron chi connectivity index (χ0n) is 10.7. The quantitative estimate of drug-likeness (QED) is 0.903. The van der Waals surface area contributed by atoms with E-state index < -0.39 is 5.91 Å². The van der Waals surface area contributed by atoms with E-state index in [4.69, 9.17) is 5.73 Å². The molecule has 4 nitrogen and oxygen atoms in total. The van der Waals surface area contributed by atoms with Crippen molar-refractivity contribution in [2.75, 3.05) is 5.32 Å². The molecule has 0 aliphatic heterocycles. The lowest BCUT2D eigenvalue weighted by Crippen LogP contribution is -2.17. The summed E-state index contributed by atoms with van der Waals surface area (Å²) >= 11 is 1.28. The van der Waals surface area contributed by atoms with Crippen LogP contribution in [0.2, 0.25) is 0 Å². The van der Waals surface area contributed by atoms with Crippen LogP contribution >= 0.6 is 11.3 Å². The number of rotatable bonds is 3. The molecule has 98 valence electrons. The first kappa shape index (κ1) is 13.3. The Balaban J connectivity index is 2.26. The van der Waals surface area contributed by atoms with E-state index >= 15 is 0 Å². The summed E-state index contributed by atoms with van der Waals surface area (Å²) in [4.78, 5) is 23.4. The molecule has 2 aromatic rings. The van der Waals surface area contributed by atoms with Crippen LogP contribution in [-0.4, -0.2) is 11.8 Å². The largest absolute Gasteiger partial charge is 0.366 e. The maximum absolute atomic E-state index is 12.2. The highest BCUT2D eigenvalue weighted by molar-refractivity contribution is 7.14. The Morgan fingerprint density at radius 1 is 1.16 bits per heavy atom. The van der Waals surface area contributed by atoms with Gasteiger partial charge in [-0.2, -0.15) is 0 Å². The van der Waals surface area contributed by atoms with Crippen molar-refractivity contribution in [3.05, 3.63) is 51.9 Å². The van der Waals surface area contributed by atoms with Crippen molar-refractivity contribution < 1.29 is 9.59 Å². The lowest BCUT2D eigenvalue weighted by Gasteiger charge is -2.08. The van der Waals surface area contributed by atoms with Gasteiger partial charge in [-0.25, -0.2) is 0 Å². The third-order valence-electron chi connectivity index (χ3n) is 2.78. The highest BCUT2D eigenvalue weighted by Crippen LogP contribution is 2.24. The fraction of sp³-hybridized carbons (Fsp3) is 0.143. The molecule has 0 saturated heterocycles. The number of carbonyl (C=O) groups excluding carboxylic acids is 2. The summed E-state index contributed by atoms with van der Waals surface area (Å²) in [5, 5.41) is 4.93. The highest BCUT2D eigenvalue weighted by Gasteiger charge is 2.14. The van der Waals surface area contributed by atoms with Crippen LogP contribution in [0.15, 0.2) is 29.6 Å². The standard InChI is InChI=1S/C14H14N2O2S/c1-8-3-4-10(9(2)7-8)13(18)16-14-11(12(15)17)5-6-19-14/h3-7H,1-2H3,(H2,15,17)(H,16,18).